The van der Waals surface area contributed by atoms with Gasteiger partial charge in [-0.1, -0.05) is 32.6 Å². The van der Waals surface area contributed by atoms with Gasteiger partial charge in [0.05, 0.1) is 6.04 Å². The molecule has 1 aliphatic carbocycles. The van der Waals surface area contributed by atoms with Gasteiger partial charge in [0.1, 0.15) is 12.2 Å². The fraction of sp³-hybridized carbons (Fsp3) is 0.857. The second kappa shape index (κ2) is 6.88. The standard InChI is InChI=1S/C14H26N4/c1-3-13(14-15-11-16-18(14)4-2)17-12-9-7-5-6-8-10-12/h11-13,17H,3-10H2,1-2H3. The highest BCUT2D eigenvalue weighted by Gasteiger charge is 2.20. The monoisotopic (exact) mass is 250 g/mol. The van der Waals surface area contributed by atoms with E-state index in [1.807, 2.05) is 4.68 Å². The number of nitrogens with one attached hydrogen (secondary N) is 1. The predicted molar refractivity (Wildman–Crippen MR) is 73.4 cm³/mol. The summed E-state index contributed by atoms with van der Waals surface area (Å²) in [5, 5.41) is 8.08. The first-order valence-electron chi connectivity index (χ1n) is 7.48. The fourth-order valence-corrected chi connectivity index (χ4v) is 2.89. The van der Waals surface area contributed by atoms with E-state index in [1.54, 1.807) is 6.33 Å². The van der Waals surface area contributed by atoms with Crippen molar-refractivity contribution in [2.75, 3.05) is 0 Å². The zero-order chi connectivity index (χ0) is 12.8. The molecule has 0 aromatic carbocycles. The normalized spacial score (nSPS) is 19.7. The molecule has 4 heteroatoms. The third-order valence-electron chi connectivity index (χ3n) is 3.96. The van der Waals surface area contributed by atoms with Crippen LogP contribution in [0, 0.1) is 0 Å². The van der Waals surface area contributed by atoms with Gasteiger partial charge in [-0.15, -0.1) is 0 Å². The van der Waals surface area contributed by atoms with Gasteiger partial charge < -0.3 is 5.32 Å². The summed E-state index contributed by atoms with van der Waals surface area (Å²) in [6.45, 7) is 5.25. The van der Waals surface area contributed by atoms with Gasteiger partial charge in [-0.3, -0.25) is 0 Å². The second-order valence-electron chi connectivity index (χ2n) is 5.25. The Morgan fingerprint density at radius 2 is 2.00 bits per heavy atom. The molecule has 1 aliphatic rings. The lowest BCUT2D eigenvalue weighted by molar-refractivity contribution is 0.369. The molecule has 2 rings (SSSR count). The lowest BCUT2D eigenvalue weighted by atomic mass is 10.1. The van der Waals surface area contributed by atoms with Crippen LogP contribution in [0.3, 0.4) is 0 Å². The van der Waals surface area contributed by atoms with E-state index < -0.39 is 0 Å². The first kappa shape index (κ1) is 13.5. The Morgan fingerprint density at radius 1 is 1.28 bits per heavy atom. The van der Waals surface area contributed by atoms with E-state index in [0.717, 1.165) is 18.8 Å². The van der Waals surface area contributed by atoms with Gasteiger partial charge in [0, 0.05) is 12.6 Å². The largest absolute Gasteiger partial charge is 0.305 e. The molecule has 102 valence electrons. The average molecular weight is 250 g/mol. The molecule has 0 spiro atoms. The molecular formula is C14H26N4. The molecule has 1 fully saturated rings. The summed E-state index contributed by atoms with van der Waals surface area (Å²) < 4.78 is 2.01. The predicted octanol–water partition coefficient (Wildman–Crippen LogP) is 3.06. The summed E-state index contributed by atoms with van der Waals surface area (Å²) in [6.07, 6.45) is 10.9. The molecule has 0 saturated heterocycles. The van der Waals surface area contributed by atoms with Crippen LogP contribution in [0.15, 0.2) is 6.33 Å². The highest BCUT2D eigenvalue weighted by molar-refractivity contribution is 4.95. The van der Waals surface area contributed by atoms with Crippen LogP contribution in [0.2, 0.25) is 0 Å². The van der Waals surface area contributed by atoms with Gasteiger partial charge in [0.25, 0.3) is 0 Å². The summed E-state index contributed by atoms with van der Waals surface area (Å²) >= 11 is 0. The van der Waals surface area contributed by atoms with Crippen molar-refractivity contribution in [1.29, 1.82) is 0 Å². The Labute approximate surface area is 110 Å². The highest BCUT2D eigenvalue weighted by atomic mass is 15.3. The summed E-state index contributed by atoms with van der Waals surface area (Å²) in [6, 6.07) is 1.02. The molecule has 0 radical (unpaired) electrons. The lowest BCUT2D eigenvalue weighted by Gasteiger charge is -2.23. The third-order valence-corrected chi connectivity index (χ3v) is 3.96. The molecule has 1 unspecified atom stereocenters. The number of hydrogen-bond acceptors (Lipinski definition) is 3. The molecule has 0 bridgehead atoms. The van der Waals surface area contributed by atoms with E-state index in [0.29, 0.717) is 12.1 Å². The summed E-state index contributed by atoms with van der Waals surface area (Å²) in [7, 11) is 0. The minimum Gasteiger partial charge on any atom is -0.305 e. The first-order chi connectivity index (χ1) is 8.85. The maximum absolute atomic E-state index is 4.44. The molecule has 1 saturated carbocycles. The van der Waals surface area contributed by atoms with Crippen LogP contribution in [-0.4, -0.2) is 20.8 Å². The number of aromatic nitrogens is 3. The molecule has 1 heterocycles. The number of nitrogens with zero attached hydrogens (tertiary/aromatic N) is 3. The zero-order valence-corrected chi connectivity index (χ0v) is 11.7. The van der Waals surface area contributed by atoms with Crippen LogP contribution in [-0.2, 0) is 6.54 Å². The summed E-state index contributed by atoms with van der Waals surface area (Å²) in [4.78, 5) is 4.44. The molecule has 1 aromatic heterocycles. The molecule has 4 nitrogen and oxygen atoms in total. The van der Waals surface area contributed by atoms with Gasteiger partial charge in [0.2, 0.25) is 0 Å². The van der Waals surface area contributed by atoms with Gasteiger partial charge >= 0.3 is 0 Å². The fourth-order valence-electron chi connectivity index (χ4n) is 2.89. The van der Waals surface area contributed by atoms with Crippen molar-refractivity contribution in [3.8, 4) is 0 Å². The highest BCUT2D eigenvalue weighted by Crippen LogP contribution is 2.21. The molecule has 0 amide bonds. The van der Waals surface area contributed by atoms with E-state index in [1.165, 1.54) is 38.5 Å². The lowest BCUT2D eigenvalue weighted by Crippen LogP contribution is -2.33. The summed E-state index contributed by atoms with van der Waals surface area (Å²) in [5.41, 5.74) is 0. The molecule has 1 atom stereocenters. The van der Waals surface area contributed by atoms with Crippen molar-refractivity contribution < 1.29 is 0 Å². The molecular weight excluding hydrogens is 224 g/mol. The Kier molecular flexibility index (Phi) is 5.17. The SMILES string of the molecule is CCC(NC1CCCCCC1)c1ncnn1CC. The van der Waals surface area contributed by atoms with E-state index in [9.17, 15) is 0 Å². The Balaban J connectivity index is 1.99. The van der Waals surface area contributed by atoms with Crippen LogP contribution in [0.5, 0.6) is 0 Å². The Hall–Kier alpha value is -0.900. The average Bonchev–Trinajstić information content (AvgIpc) is 2.72. The van der Waals surface area contributed by atoms with E-state index in [4.69, 9.17) is 0 Å². The Morgan fingerprint density at radius 3 is 2.61 bits per heavy atom. The number of aryl methyl sites for hydroxylation is 1. The van der Waals surface area contributed by atoms with Crippen LogP contribution >= 0.6 is 0 Å². The third kappa shape index (κ3) is 3.31. The van der Waals surface area contributed by atoms with Crippen LogP contribution in [0.25, 0.3) is 0 Å². The van der Waals surface area contributed by atoms with Gasteiger partial charge in [0.15, 0.2) is 0 Å². The smallest absolute Gasteiger partial charge is 0.143 e. The van der Waals surface area contributed by atoms with Crippen molar-refractivity contribution in [3.63, 3.8) is 0 Å². The zero-order valence-electron chi connectivity index (χ0n) is 11.7. The quantitative estimate of drug-likeness (QED) is 0.817. The van der Waals surface area contributed by atoms with Crippen molar-refractivity contribution >= 4 is 0 Å². The molecule has 1 aromatic rings. The van der Waals surface area contributed by atoms with E-state index in [-0.39, 0.29) is 0 Å². The van der Waals surface area contributed by atoms with E-state index >= 15 is 0 Å². The van der Waals surface area contributed by atoms with Crippen molar-refractivity contribution in [1.82, 2.24) is 20.1 Å². The van der Waals surface area contributed by atoms with Crippen LogP contribution in [0.1, 0.15) is 70.7 Å². The first-order valence-corrected chi connectivity index (χ1v) is 7.48. The van der Waals surface area contributed by atoms with Crippen molar-refractivity contribution in [2.24, 2.45) is 0 Å². The van der Waals surface area contributed by atoms with Gasteiger partial charge in [-0.05, 0) is 26.2 Å². The second-order valence-corrected chi connectivity index (χ2v) is 5.25. The molecule has 18 heavy (non-hydrogen) atoms. The minimum absolute atomic E-state index is 0.357. The van der Waals surface area contributed by atoms with Crippen molar-refractivity contribution in [3.05, 3.63) is 12.2 Å². The van der Waals surface area contributed by atoms with E-state index in [2.05, 4.69) is 29.2 Å². The Bertz CT molecular complexity index is 339. The number of hydrogen-bond donors (Lipinski definition) is 1. The maximum Gasteiger partial charge on any atom is 0.143 e. The van der Waals surface area contributed by atoms with Crippen molar-refractivity contribution in [2.45, 2.75) is 77.4 Å². The number of rotatable bonds is 5. The minimum atomic E-state index is 0.357. The van der Waals surface area contributed by atoms with Crippen LogP contribution in [0.4, 0.5) is 0 Å². The topological polar surface area (TPSA) is 42.7 Å². The maximum atomic E-state index is 4.44. The van der Waals surface area contributed by atoms with Gasteiger partial charge in [-0.2, -0.15) is 5.10 Å². The molecule has 0 aliphatic heterocycles. The van der Waals surface area contributed by atoms with Crippen LogP contribution < -0.4 is 5.32 Å². The molecule has 1 N–H and O–H groups in total. The van der Waals surface area contributed by atoms with Gasteiger partial charge in [-0.25, -0.2) is 9.67 Å². The summed E-state index contributed by atoms with van der Waals surface area (Å²) in [5.74, 6) is 1.10.